The van der Waals surface area contributed by atoms with Gasteiger partial charge in [-0.2, -0.15) is 0 Å². The molecule has 0 aliphatic heterocycles. The van der Waals surface area contributed by atoms with Crippen molar-refractivity contribution in [3.63, 3.8) is 0 Å². The number of esters is 1. The molecule has 82 valence electrons. The van der Waals surface area contributed by atoms with E-state index in [1.807, 2.05) is 27.7 Å². The summed E-state index contributed by atoms with van der Waals surface area (Å²) in [6, 6.07) is -0.212. The molecule has 1 N–H and O–H groups in total. The van der Waals surface area contributed by atoms with Crippen molar-refractivity contribution in [1.82, 2.24) is 5.32 Å². The molecule has 0 aromatic heterocycles. The van der Waals surface area contributed by atoms with Gasteiger partial charge in [-0.25, -0.2) is 0 Å². The summed E-state index contributed by atoms with van der Waals surface area (Å²) in [5, 5.41) is 3.20. The summed E-state index contributed by atoms with van der Waals surface area (Å²) >= 11 is 0. The lowest BCUT2D eigenvalue weighted by molar-refractivity contribution is -0.155. The maximum Gasteiger partial charge on any atom is 0.323 e. The average Bonchev–Trinajstić information content (AvgIpc) is 1.92. The normalized spacial score (nSPS) is 20.0. The number of hydrogen-bond acceptors (Lipinski definition) is 3. The van der Waals surface area contributed by atoms with Crippen molar-refractivity contribution >= 4 is 5.97 Å². The maximum atomic E-state index is 11.5. The third-order valence-corrected chi connectivity index (χ3v) is 2.34. The lowest BCUT2D eigenvalue weighted by Crippen LogP contribution is -2.47. The molecule has 0 amide bonds. The van der Waals surface area contributed by atoms with E-state index in [9.17, 15) is 4.79 Å². The molecule has 0 aromatic rings. The second kappa shape index (κ2) is 4.30. The number of ether oxygens (including phenoxy) is 1. The Morgan fingerprint density at radius 1 is 1.43 bits per heavy atom. The van der Waals surface area contributed by atoms with E-state index < -0.39 is 0 Å². The average molecular weight is 199 g/mol. The Labute approximate surface area is 86.2 Å². The second-order valence-corrected chi connectivity index (χ2v) is 5.11. The zero-order valence-electron chi connectivity index (χ0n) is 9.59. The summed E-state index contributed by atoms with van der Waals surface area (Å²) in [6.45, 7) is 7.98. The number of nitrogens with one attached hydrogen (secondary N) is 1. The van der Waals surface area contributed by atoms with Gasteiger partial charge in [0.25, 0.3) is 0 Å². The number of carbonyl (C=O) groups excluding carboxylic acids is 1. The molecule has 1 fully saturated rings. The minimum absolute atomic E-state index is 0.0436. The fourth-order valence-corrected chi connectivity index (χ4v) is 1.46. The van der Waals surface area contributed by atoms with Gasteiger partial charge in [0.15, 0.2) is 0 Å². The van der Waals surface area contributed by atoms with Crippen LogP contribution in [0.5, 0.6) is 0 Å². The first-order chi connectivity index (χ1) is 6.38. The van der Waals surface area contributed by atoms with Gasteiger partial charge in [-0.05, 0) is 47.0 Å². The first kappa shape index (κ1) is 11.5. The van der Waals surface area contributed by atoms with Crippen molar-refractivity contribution < 1.29 is 9.53 Å². The second-order valence-electron chi connectivity index (χ2n) is 5.11. The van der Waals surface area contributed by atoms with Crippen LogP contribution in [0.25, 0.3) is 0 Å². The Morgan fingerprint density at radius 3 is 2.36 bits per heavy atom. The lowest BCUT2D eigenvalue weighted by atomic mass is 9.96. The predicted octanol–water partition coefficient (Wildman–Crippen LogP) is 1.86. The quantitative estimate of drug-likeness (QED) is 0.705. The van der Waals surface area contributed by atoms with E-state index in [-0.39, 0.29) is 23.7 Å². The van der Waals surface area contributed by atoms with Crippen molar-refractivity contribution in [2.75, 3.05) is 0 Å². The Balaban J connectivity index is 2.28. The zero-order valence-corrected chi connectivity index (χ0v) is 9.59. The standard InChI is InChI=1S/C11H21NO2/c1-8(12-11(2,3)4)10(13)14-9-6-5-7-9/h8-9,12H,5-7H2,1-4H3/t8-/m0/s1. The van der Waals surface area contributed by atoms with E-state index >= 15 is 0 Å². The molecule has 1 atom stereocenters. The fourth-order valence-electron chi connectivity index (χ4n) is 1.46. The van der Waals surface area contributed by atoms with Gasteiger partial charge < -0.3 is 4.74 Å². The van der Waals surface area contributed by atoms with Crippen LogP contribution >= 0.6 is 0 Å². The van der Waals surface area contributed by atoms with Crippen molar-refractivity contribution in [2.45, 2.75) is 64.6 Å². The summed E-state index contributed by atoms with van der Waals surface area (Å²) in [5.74, 6) is -0.121. The topological polar surface area (TPSA) is 38.3 Å². The van der Waals surface area contributed by atoms with E-state index in [4.69, 9.17) is 4.74 Å². The first-order valence-corrected chi connectivity index (χ1v) is 5.37. The summed E-state index contributed by atoms with van der Waals surface area (Å²) in [4.78, 5) is 11.5. The van der Waals surface area contributed by atoms with Crippen LogP contribution in [0.3, 0.4) is 0 Å². The molecule has 0 heterocycles. The summed E-state index contributed by atoms with van der Waals surface area (Å²) < 4.78 is 5.29. The van der Waals surface area contributed by atoms with Crippen LogP contribution in [0.1, 0.15) is 47.0 Å². The van der Waals surface area contributed by atoms with Crippen LogP contribution in [0.4, 0.5) is 0 Å². The molecule has 0 aromatic carbocycles. The smallest absolute Gasteiger partial charge is 0.323 e. The van der Waals surface area contributed by atoms with Crippen LogP contribution in [0, 0.1) is 0 Å². The third kappa shape index (κ3) is 3.66. The van der Waals surface area contributed by atoms with Crippen molar-refractivity contribution in [3.05, 3.63) is 0 Å². The van der Waals surface area contributed by atoms with Gasteiger partial charge in [0.2, 0.25) is 0 Å². The molecule has 0 unspecified atom stereocenters. The van der Waals surface area contributed by atoms with Crippen LogP contribution in [-0.2, 0) is 9.53 Å². The van der Waals surface area contributed by atoms with Crippen molar-refractivity contribution in [3.8, 4) is 0 Å². The van der Waals surface area contributed by atoms with Crippen LogP contribution in [-0.4, -0.2) is 23.7 Å². The first-order valence-electron chi connectivity index (χ1n) is 5.37. The maximum absolute atomic E-state index is 11.5. The van der Waals surface area contributed by atoms with Crippen LogP contribution < -0.4 is 5.32 Å². The fraction of sp³-hybridized carbons (Fsp3) is 0.909. The molecule has 0 saturated heterocycles. The van der Waals surface area contributed by atoms with E-state index in [1.54, 1.807) is 0 Å². The molecule has 3 nitrogen and oxygen atoms in total. The Morgan fingerprint density at radius 2 is 2.00 bits per heavy atom. The molecule has 1 aliphatic rings. The van der Waals surface area contributed by atoms with Gasteiger partial charge in [-0.15, -0.1) is 0 Å². The largest absolute Gasteiger partial charge is 0.461 e. The molecule has 3 heteroatoms. The molecular weight excluding hydrogens is 178 g/mol. The molecule has 1 rings (SSSR count). The zero-order chi connectivity index (χ0) is 10.8. The van der Waals surface area contributed by atoms with Crippen LogP contribution in [0.15, 0.2) is 0 Å². The van der Waals surface area contributed by atoms with Crippen molar-refractivity contribution in [2.24, 2.45) is 0 Å². The number of carbonyl (C=O) groups is 1. The van der Waals surface area contributed by atoms with Gasteiger partial charge in [-0.1, -0.05) is 0 Å². The summed E-state index contributed by atoms with van der Waals surface area (Å²) in [5.41, 5.74) is -0.0436. The molecule has 1 saturated carbocycles. The molecule has 14 heavy (non-hydrogen) atoms. The molecule has 0 radical (unpaired) electrons. The van der Waals surface area contributed by atoms with E-state index in [2.05, 4.69) is 5.32 Å². The minimum atomic E-state index is -0.212. The van der Waals surface area contributed by atoms with E-state index in [0.29, 0.717) is 0 Å². The van der Waals surface area contributed by atoms with Crippen molar-refractivity contribution in [1.29, 1.82) is 0 Å². The van der Waals surface area contributed by atoms with Gasteiger partial charge in [0.05, 0.1) is 0 Å². The van der Waals surface area contributed by atoms with Gasteiger partial charge in [0.1, 0.15) is 12.1 Å². The van der Waals surface area contributed by atoms with Crippen LogP contribution in [0.2, 0.25) is 0 Å². The van der Waals surface area contributed by atoms with Gasteiger partial charge in [-0.3, -0.25) is 10.1 Å². The van der Waals surface area contributed by atoms with Gasteiger partial charge >= 0.3 is 5.97 Å². The highest BCUT2D eigenvalue weighted by atomic mass is 16.5. The molecule has 0 spiro atoms. The summed E-state index contributed by atoms with van der Waals surface area (Å²) in [6.07, 6.45) is 3.45. The number of hydrogen-bond donors (Lipinski definition) is 1. The Kier molecular flexibility index (Phi) is 3.53. The number of rotatable bonds is 3. The molecule has 0 bridgehead atoms. The minimum Gasteiger partial charge on any atom is -0.461 e. The Hall–Kier alpha value is -0.570. The summed E-state index contributed by atoms with van der Waals surface area (Å²) in [7, 11) is 0. The lowest BCUT2D eigenvalue weighted by Gasteiger charge is -2.29. The highest BCUT2D eigenvalue weighted by Crippen LogP contribution is 2.22. The predicted molar refractivity (Wildman–Crippen MR) is 56.1 cm³/mol. The highest BCUT2D eigenvalue weighted by Gasteiger charge is 2.26. The monoisotopic (exact) mass is 199 g/mol. The SMILES string of the molecule is C[C@H](NC(C)(C)C)C(=O)OC1CCC1. The highest BCUT2D eigenvalue weighted by molar-refractivity contribution is 5.75. The van der Waals surface area contributed by atoms with E-state index in [0.717, 1.165) is 12.8 Å². The molecule has 1 aliphatic carbocycles. The van der Waals surface area contributed by atoms with E-state index in [1.165, 1.54) is 6.42 Å². The van der Waals surface area contributed by atoms with Gasteiger partial charge in [0, 0.05) is 5.54 Å². The Bertz CT molecular complexity index is 204. The molecular formula is C11H21NO2. The third-order valence-electron chi connectivity index (χ3n) is 2.34.